The average Bonchev–Trinajstić information content (AvgIpc) is 2.61. The van der Waals surface area contributed by atoms with Crippen LogP contribution < -0.4 is 5.32 Å². The largest absolute Gasteiger partial charge is 0.382 e. The first kappa shape index (κ1) is 11.8. The molecule has 0 aliphatic heterocycles. The molecule has 0 radical (unpaired) electrons. The lowest BCUT2D eigenvalue weighted by Crippen LogP contribution is -2.36. The maximum Gasteiger partial charge on any atom is 0.203 e. The lowest BCUT2D eigenvalue weighted by molar-refractivity contribution is 0.158. The lowest BCUT2D eigenvalue weighted by Gasteiger charge is -2.25. The Morgan fingerprint density at radius 3 is 2.88 bits per heavy atom. The van der Waals surface area contributed by atoms with E-state index in [9.17, 15) is 0 Å². The van der Waals surface area contributed by atoms with Crippen molar-refractivity contribution in [2.24, 2.45) is 0 Å². The van der Waals surface area contributed by atoms with Gasteiger partial charge in [0.15, 0.2) is 5.82 Å². The van der Waals surface area contributed by atoms with E-state index in [0.29, 0.717) is 6.61 Å². The number of rotatable bonds is 4. The molecule has 0 unspecified atom stereocenters. The lowest BCUT2D eigenvalue weighted by atomic mass is 10.1. The van der Waals surface area contributed by atoms with Crippen molar-refractivity contribution in [1.29, 1.82) is 0 Å². The van der Waals surface area contributed by atoms with Crippen molar-refractivity contribution < 1.29 is 4.74 Å². The Balaban J connectivity index is 2.36. The zero-order valence-electron chi connectivity index (χ0n) is 10.6. The molecular formula is C11H17N5O. The maximum atomic E-state index is 5.16. The fraction of sp³-hybridized carbons (Fsp3) is 0.545. The van der Waals surface area contributed by atoms with E-state index in [1.54, 1.807) is 13.3 Å². The molecule has 2 aromatic heterocycles. The Kier molecular flexibility index (Phi) is 2.97. The third-order valence-corrected chi connectivity index (χ3v) is 2.46. The SMILES string of the molecule is COCC(C)(C)Nc1nccn2c(C)nnc12. The summed E-state index contributed by atoms with van der Waals surface area (Å²) >= 11 is 0. The highest BCUT2D eigenvalue weighted by molar-refractivity contribution is 5.62. The van der Waals surface area contributed by atoms with Crippen LogP contribution >= 0.6 is 0 Å². The zero-order valence-corrected chi connectivity index (χ0v) is 10.6. The highest BCUT2D eigenvalue weighted by Crippen LogP contribution is 2.17. The van der Waals surface area contributed by atoms with E-state index in [1.165, 1.54) is 0 Å². The van der Waals surface area contributed by atoms with Gasteiger partial charge < -0.3 is 10.1 Å². The molecular weight excluding hydrogens is 218 g/mol. The predicted molar refractivity (Wildman–Crippen MR) is 65.1 cm³/mol. The molecule has 6 nitrogen and oxygen atoms in total. The van der Waals surface area contributed by atoms with Crippen LogP contribution in [0.3, 0.4) is 0 Å². The smallest absolute Gasteiger partial charge is 0.203 e. The summed E-state index contributed by atoms with van der Waals surface area (Å²) in [6.07, 6.45) is 3.58. The van der Waals surface area contributed by atoms with Crippen molar-refractivity contribution in [3.8, 4) is 0 Å². The van der Waals surface area contributed by atoms with Crippen LogP contribution in [0, 0.1) is 6.92 Å². The molecule has 0 saturated carbocycles. The van der Waals surface area contributed by atoms with Crippen LogP contribution in [0.15, 0.2) is 12.4 Å². The fourth-order valence-corrected chi connectivity index (χ4v) is 1.75. The molecule has 2 rings (SSSR count). The summed E-state index contributed by atoms with van der Waals surface area (Å²) in [5, 5.41) is 11.5. The molecule has 0 aromatic carbocycles. The number of anilines is 1. The maximum absolute atomic E-state index is 5.16. The minimum Gasteiger partial charge on any atom is -0.382 e. The van der Waals surface area contributed by atoms with Crippen molar-refractivity contribution in [3.05, 3.63) is 18.2 Å². The second-order valence-corrected chi connectivity index (χ2v) is 4.66. The van der Waals surface area contributed by atoms with E-state index in [0.717, 1.165) is 17.3 Å². The Bertz CT molecular complexity index is 520. The molecule has 0 atom stereocenters. The molecule has 0 spiro atoms. The van der Waals surface area contributed by atoms with Crippen LogP contribution in [0.5, 0.6) is 0 Å². The number of ether oxygens (including phenoxy) is 1. The standard InChI is InChI=1S/C11H17N5O/c1-8-14-15-10-9(12-5-6-16(8)10)13-11(2,3)7-17-4/h5-6H,7H2,1-4H3,(H,12,13). The van der Waals surface area contributed by atoms with E-state index < -0.39 is 0 Å². The van der Waals surface area contributed by atoms with Gasteiger partial charge in [0, 0.05) is 19.5 Å². The first-order valence-corrected chi connectivity index (χ1v) is 5.47. The van der Waals surface area contributed by atoms with Gasteiger partial charge in [0.2, 0.25) is 5.65 Å². The van der Waals surface area contributed by atoms with Gasteiger partial charge >= 0.3 is 0 Å². The molecule has 0 bridgehead atoms. The van der Waals surface area contributed by atoms with E-state index in [2.05, 4.69) is 20.5 Å². The first-order chi connectivity index (χ1) is 8.03. The summed E-state index contributed by atoms with van der Waals surface area (Å²) in [4.78, 5) is 4.30. The molecule has 0 aliphatic rings. The molecule has 0 fully saturated rings. The predicted octanol–water partition coefficient (Wildman–Crippen LogP) is 1.27. The summed E-state index contributed by atoms with van der Waals surface area (Å²) < 4.78 is 7.06. The van der Waals surface area contributed by atoms with Crippen LogP contribution in [-0.4, -0.2) is 38.8 Å². The Hall–Kier alpha value is -1.69. The number of methoxy groups -OCH3 is 1. The highest BCUT2D eigenvalue weighted by atomic mass is 16.5. The molecule has 92 valence electrons. The van der Waals surface area contributed by atoms with Crippen molar-refractivity contribution in [2.75, 3.05) is 19.0 Å². The van der Waals surface area contributed by atoms with Gasteiger partial charge in [-0.05, 0) is 20.8 Å². The number of aromatic nitrogens is 4. The summed E-state index contributed by atoms with van der Waals surface area (Å²) in [6, 6.07) is 0. The second kappa shape index (κ2) is 4.29. The summed E-state index contributed by atoms with van der Waals surface area (Å²) in [6.45, 7) is 6.59. The molecule has 1 N–H and O–H groups in total. The average molecular weight is 235 g/mol. The minimum absolute atomic E-state index is 0.205. The number of fused-ring (bicyclic) bond motifs is 1. The quantitative estimate of drug-likeness (QED) is 0.864. The monoisotopic (exact) mass is 235 g/mol. The van der Waals surface area contributed by atoms with E-state index in [4.69, 9.17) is 4.74 Å². The first-order valence-electron chi connectivity index (χ1n) is 5.47. The molecule has 2 aromatic rings. The normalized spacial score (nSPS) is 12.0. The van der Waals surface area contributed by atoms with Crippen molar-refractivity contribution in [1.82, 2.24) is 19.6 Å². The van der Waals surface area contributed by atoms with Crippen LogP contribution in [0.2, 0.25) is 0 Å². The van der Waals surface area contributed by atoms with Gasteiger partial charge in [-0.25, -0.2) is 4.98 Å². The van der Waals surface area contributed by atoms with E-state index in [-0.39, 0.29) is 5.54 Å². The summed E-state index contributed by atoms with van der Waals surface area (Å²) in [5.41, 5.74) is 0.526. The second-order valence-electron chi connectivity index (χ2n) is 4.66. The summed E-state index contributed by atoms with van der Waals surface area (Å²) in [5.74, 6) is 1.56. The third-order valence-electron chi connectivity index (χ3n) is 2.46. The van der Waals surface area contributed by atoms with Crippen molar-refractivity contribution in [2.45, 2.75) is 26.3 Å². The van der Waals surface area contributed by atoms with Crippen LogP contribution in [0.4, 0.5) is 5.82 Å². The van der Waals surface area contributed by atoms with Crippen molar-refractivity contribution >= 4 is 11.5 Å². The molecule has 17 heavy (non-hydrogen) atoms. The van der Waals surface area contributed by atoms with Gasteiger partial charge in [-0.1, -0.05) is 0 Å². The number of nitrogens with one attached hydrogen (secondary N) is 1. The molecule has 0 saturated heterocycles. The van der Waals surface area contributed by atoms with Gasteiger partial charge in [-0.2, -0.15) is 0 Å². The van der Waals surface area contributed by atoms with Gasteiger partial charge in [-0.3, -0.25) is 4.40 Å². The Morgan fingerprint density at radius 1 is 1.41 bits per heavy atom. The van der Waals surface area contributed by atoms with Gasteiger partial charge in [0.05, 0.1) is 12.1 Å². The van der Waals surface area contributed by atoms with E-state index in [1.807, 2.05) is 31.4 Å². The van der Waals surface area contributed by atoms with Gasteiger partial charge in [-0.15, -0.1) is 10.2 Å². The Morgan fingerprint density at radius 2 is 2.18 bits per heavy atom. The molecule has 2 heterocycles. The number of aryl methyl sites for hydroxylation is 1. The summed E-state index contributed by atoms with van der Waals surface area (Å²) in [7, 11) is 1.68. The Labute approximate surface area is 100 Å². The van der Waals surface area contributed by atoms with Crippen LogP contribution in [0.1, 0.15) is 19.7 Å². The number of hydrogen-bond acceptors (Lipinski definition) is 5. The minimum atomic E-state index is -0.205. The third kappa shape index (κ3) is 2.36. The van der Waals surface area contributed by atoms with Gasteiger partial charge in [0.1, 0.15) is 5.82 Å². The molecule has 0 aliphatic carbocycles. The molecule has 0 amide bonds. The number of hydrogen-bond donors (Lipinski definition) is 1. The van der Waals surface area contributed by atoms with Crippen molar-refractivity contribution in [3.63, 3.8) is 0 Å². The molecule has 6 heteroatoms. The van der Waals surface area contributed by atoms with Gasteiger partial charge in [0.25, 0.3) is 0 Å². The fourth-order valence-electron chi connectivity index (χ4n) is 1.75. The van der Waals surface area contributed by atoms with Crippen LogP contribution in [-0.2, 0) is 4.74 Å². The van der Waals surface area contributed by atoms with E-state index >= 15 is 0 Å². The topological polar surface area (TPSA) is 64.3 Å². The number of nitrogens with zero attached hydrogens (tertiary/aromatic N) is 4. The van der Waals surface area contributed by atoms with Crippen LogP contribution in [0.25, 0.3) is 5.65 Å². The zero-order chi connectivity index (χ0) is 12.5. The highest BCUT2D eigenvalue weighted by Gasteiger charge is 2.20.